The molecule has 0 aliphatic heterocycles. The Bertz CT molecular complexity index is 1140. The van der Waals surface area contributed by atoms with E-state index in [9.17, 15) is 13.2 Å². The summed E-state index contributed by atoms with van der Waals surface area (Å²) in [4.78, 5) is 7.54. The topological polar surface area (TPSA) is 63.9 Å². The maximum absolute atomic E-state index is 12.7. The Hall–Kier alpha value is -2.81. The van der Waals surface area contributed by atoms with Crippen LogP contribution in [-0.4, -0.2) is 27.4 Å². The van der Waals surface area contributed by atoms with Crippen molar-refractivity contribution in [1.29, 1.82) is 0 Å². The highest BCUT2D eigenvalue weighted by atomic mass is 79.9. The molecule has 0 radical (unpaired) electrons. The number of nitrogens with one attached hydrogen (secondary N) is 1. The molecule has 5 nitrogen and oxygen atoms in total. The number of halogens is 4. The Morgan fingerprint density at radius 1 is 1.18 bits per heavy atom. The molecule has 4 rings (SSSR count). The first-order valence-electron chi connectivity index (χ1n) is 8.26. The summed E-state index contributed by atoms with van der Waals surface area (Å²) >= 11 is 3.23. The zero-order valence-electron chi connectivity index (χ0n) is 14.4. The quantitative estimate of drug-likeness (QED) is 0.414. The van der Waals surface area contributed by atoms with Gasteiger partial charge in [-0.1, -0.05) is 17.3 Å². The third-order valence-corrected chi connectivity index (χ3v) is 4.83. The van der Waals surface area contributed by atoms with Gasteiger partial charge in [0.1, 0.15) is 5.75 Å². The fraction of sp³-hybridized carbons (Fsp3) is 0.158. The van der Waals surface area contributed by atoms with Crippen LogP contribution in [0.5, 0.6) is 5.75 Å². The summed E-state index contributed by atoms with van der Waals surface area (Å²) in [6.45, 7) is 0.951. The maximum Gasteiger partial charge on any atom is 0.425 e. The number of fused-ring (bicyclic) bond motifs is 1. The fourth-order valence-electron chi connectivity index (χ4n) is 2.72. The van der Waals surface area contributed by atoms with Gasteiger partial charge in [-0.05, 0) is 53.2 Å². The Morgan fingerprint density at radius 3 is 2.75 bits per heavy atom. The number of hydrogen-bond acceptors (Lipinski definition) is 4. The smallest absolute Gasteiger partial charge is 0.425 e. The van der Waals surface area contributed by atoms with Crippen molar-refractivity contribution < 1.29 is 22.4 Å². The highest BCUT2D eigenvalue weighted by Crippen LogP contribution is 2.34. The van der Waals surface area contributed by atoms with Crippen LogP contribution in [-0.2, 0) is 0 Å². The van der Waals surface area contributed by atoms with Crippen molar-refractivity contribution in [2.75, 3.05) is 0 Å². The summed E-state index contributed by atoms with van der Waals surface area (Å²) in [5.41, 5.74) is 2.32. The van der Waals surface area contributed by atoms with Crippen LogP contribution in [0.3, 0.4) is 0 Å². The standard InChI is InChI=1S/C19H13BrF3N3O2/c1-10(19(21,22)23)27-16-6-5-11(9-14(16)20)18-25-17(26-28-18)13-3-2-4-15-12(13)7-8-24-15/h2-10,24H,1H3. The Balaban J connectivity index is 1.62. The predicted octanol–water partition coefficient (Wildman–Crippen LogP) is 5.98. The number of aromatic nitrogens is 3. The molecule has 0 bridgehead atoms. The molecule has 0 saturated carbocycles. The molecule has 0 amide bonds. The van der Waals surface area contributed by atoms with E-state index in [-0.39, 0.29) is 11.6 Å². The van der Waals surface area contributed by atoms with Gasteiger partial charge in [0.25, 0.3) is 5.89 Å². The lowest BCUT2D eigenvalue weighted by atomic mass is 10.1. The van der Waals surface area contributed by atoms with E-state index in [0.29, 0.717) is 15.9 Å². The average molecular weight is 452 g/mol. The number of benzene rings is 2. The molecular weight excluding hydrogens is 439 g/mol. The van der Waals surface area contributed by atoms with Crippen LogP contribution >= 0.6 is 15.9 Å². The van der Waals surface area contributed by atoms with Crippen molar-refractivity contribution in [3.8, 4) is 28.6 Å². The molecule has 0 aliphatic rings. The number of nitrogens with zero attached hydrogens (tertiary/aromatic N) is 2. The zero-order chi connectivity index (χ0) is 19.9. The van der Waals surface area contributed by atoms with Crippen LogP contribution in [0.1, 0.15) is 6.92 Å². The number of H-pyrrole nitrogens is 1. The van der Waals surface area contributed by atoms with Crippen molar-refractivity contribution in [1.82, 2.24) is 15.1 Å². The molecule has 2 heterocycles. The van der Waals surface area contributed by atoms with E-state index in [1.165, 1.54) is 6.07 Å². The second-order valence-electron chi connectivity index (χ2n) is 6.11. The van der Waals surface area contributed by atoms with Gasteiger partial charge in [-0.15, -0.1) is 0 Å². The second kappa shape index (κ2) is 6.97. The van der Waals surface area contributed by atoms with Gasteiger partial charge in [0.2, 0.25) is 5.82 Å². The summed E-state index contributed by atoms with van der Waals surface area (Å²) < 4.78 is 48.7. The monoisotopic (exact) mass is 451 g/mol. The minimum absolute atomic E-state index is 0.0744. The number of alkyl halides is 3. The molecule has 0 fully saturated rings. The fourth-order valence-corrected chi connectivity index (χ4v) is 3.19. The molecule has 9 heteroatoms. The van der Waals surface area contributed by atoms with Gasteiger partial charge >= 0.3 is 6.18 Å². The molecule has 1 N–H and O–H groups in total. The Kier molecular flexibility index (Phi) is 4.62. The molecule has 0 aliphatic carbocycles. The number of hydrogen-bond donors (Lipinski definition) is 1. The molecule has 0 saturated heterocycles. The number of aromatic amines is 1. The zero-order valence-corrected chi connectivity index (χ0v) is 16.0. The van der Waals surface area contributed by atoms with Gasteiger partial charge < -0.3 is 14.2 Å². The molecule has 1 atom stereocenters. The van der Waals surface area contributed by atoms with Crippen molar-refractivity contribution >= 4 is 26.8 Å². The molecular formula is C19H13BrF3N3O2. The molecule has 2 aromatic carbocycles. The molecule has 4 aromatic rings. The van der Waals surface area contributed by atoms with Gasteiger partial charge in [0.05, 0.1) is 4.47 Å². The van der Waals surface area contributed by atoms with Crippen LogP contribution in [0.25, 0.3) is 33.7 Å². The van der Waals surface area contributed by atoms with E-state index < -0.39 is 12.3 Å². The van der Waals surface area contributed by atoms with Crippen molar-refractivity contribution in [2.24, 2.45) is 0 Å². The molecule has 28 heavy (non-hydrogen) atoms. The summed E-state index contributed by atoms with van der Waals surface area (Å²) in [5, 5.41) is 4.99. The lowest BCUT2D eigenvalue weighted by molar-refractivity contribution is -0.189. The first kappa shape index (κ1) is 18.5. The van der Waals surface area contributed by atoms with Gasteiger partial charge in [-0.2, -0.15) is 18.2 Å². The minimum Gasteiger partial charge on any atom is -0.480 e. The van der Waals surface area contributed by atoms with Crippen LogP contribution in [0, 0.1) is 0 Å². The molecule has 1 unspecified atom stereocenters. The summed E-state index contributed by atoms with van der Waals surface area (Å²) in [6.07, 6.45) is -4.54. The Labute approximate surface area is 165 Å². The first-order valence-corrected chi connectivity index (χ1v) is 9.06. The number of ether oxygens (including phenoxy) is 1. The van der Waals surface area contributed by atoms with E-state index in [1.54, 1.807) is 12.1 Å². The first-order chi connectivity index (χ1) is 13.3. The summed E-state index contributed by atoms with van der Waals surface area (Å²) in [5.74, 6) is 0.742. The van der Waals surface area contributed by atoms with Gasteiger partial charge in [0, 0.05) is 28.2 Å². The van der Waals surface area contributed by atoms with Crippen molar-refractivity contribution in [2.45, 2.75) is 19.2 Å². The molecule has 0 spiro atoms. The van der Waals surface area contributed by atoms with E-state index in [1.807, 2.05) is 30.5 Å². The maximum atomic E-state index is 12.7. The van der Waals surface area contributed by atoms with E-state index >= 15 is 0 Å². The average Bonchev–Trinajstić information content (AvgIpc) is 3.31. The van der Waals surface area contributed by atoms with Crippen LogP contribution in [0.4, 0.5) is 13.2 Å². The second-order valence-corrected chi connectivity index (χ2v) is 6.97. The third-order valence-electron chi connectivity index (χ3n) is 4.21. The SMILES string of the molecule is CC(Oc1ccc(-c2nc(-c3cccc4[nH]ccc34)no2)cc1Br)C(F)(F)F. The normalized spacial score (nSPS) is 13.0. The van der Waals surface area contributed by atoms with Crippen LogP contribution in [0.2, 0.25) is 0 Å². The Morgan fingerprint density at radius 2 is 2.00 bits per heavy atom. The van der Waals surface area contributed by atoms with Gasteiger partial charge in [0.15, 0.2) is 6.10 Å². The van der Waals surface area contributed by atoms with Gasteiger partial charge in [-0.3, -0.25) is 0 Å². The van der Waals surface area contributed by atoms with E-state index in [0.717, 1.165) is 23.4 Å². The minimum atomic E-state index is -4.45. The van der Waals surface area contributed by atoms with Crippen molar-refractivity contribution in [3.63, 3.8) is 0 Å². The largest absolute Gasteiger partial charge is 0.480 e. The third kappa shape index (κ3) is 3.49. The van der Waals surface area contributed by atoms with Crippen molar-refractivity contribution in [3.05, 3.63) is 53.1 Å². The van der Waals surface area contributed by atoms with E-state index in [4.69, 9.17) is 9.26 Å². The van der Waals surface area contributed by atoms with E-state index in [2.05, 4.69) is 31.1 Å². The predicted molar refractivity (Wildman–Crippen MR) is 101 cm³/mol. The summed E-state index contributed by atoms with van der Waals surface area (Å²) in [7, 11) is 0. The lowest BCUT2D eigenvalue weighted by Crippen LogP contribution is -2.31. The van der Waals surface area contributed by atoms with Crippen LogP contribution in [0.15, 0.2) is 57.7 Å². The molecule has 144 valence electrons. The summed E-state index contributed by atoms with van der Waals surface area (Å²) in [6, 6.07) is 12.2. The molecule has 2 aromatic heterocycles. The van der Waals surface area contributed by atoms with Gasteiger partial charge in [-0.25, -0.2) is 0 Å². The number of rotatable bonds is 4. The lowest BCUT2D eigenvalue weighted by Gasteiger charge is -2.18. The van der Waals surface area contributed by atoms with Crippen LogP contribution < -0.4 is 4.74 Å². The highest BCUT2D eigenvalue weighted by molar-refractivity contribution is 9.10. The highest BCUT2D eigenvalue weighted by Gasteiger charge is 2.38.